The molecule has 15 heavy (non-hydrogen) atoms. The minimum absolute atomic E-state index is 0.349. The van der Waals surface area contributed by atoms with E-state index in [1.54, 1.807) is 0 Å². The predicted molar refractivity (Wildman–Crippen MR) is 65.1 cm³/mol. The van der Waals surface area contributed by atoms with E-state index >= 15 is 0 Å². The Labute approximate surface area is 94.8 Å². The van der Waals surface area contributed by atoms with Crippen molar-refractivity contribution < 1.29 is 4.74 Å². The number of hydrogen-bond donors (Lipinski definition) is 1. The predicted octanol–water partition coefficient (Wildman–Crippen LogP) is 2.83. The summed E-state index contributed by atoms with van der Waals surface area (Å²) in [5.41, 5.74) is 0. The first-order chi connectivity index (χ1) is 7.13. The van der Waals surface area contributed by atoms with Gasteiger partial charge in [0.15, 0.2) is 0 Å². The third kappa shape index (κ3) is 4.52. The van der Waals surface area contributed by atoms with E-state index in [1.807, 2.05) is 0 Å². The van der Waals surface area contributed by atoms with E-state index in [0.29, 0.717) is 12.1 Å². The van der Waals surface area contributed by atoms with Gasteiger partial charge in [0.05, 0.1) is 12.7 Å². The smallest absolute Gasteiger partial charge is 0.0625 e. The molecule has 0 heterocycles. The van der Waals surface area contributed by atoms with Crippen molar-refractivity contribution in [1.82, 2.24) is 5.32 Å². The summed E-state index contributed by atoms with van der Waals surface area (Å²) in [4.78, 5) is 0. The maximum atomic E-state index is 5.72. The summed E-state index contributed by atoms with van der Waals surface area (Å²) in [6.07, 6.45) is 5.90. The van der Waals surface area contributed by atoms with E-state index in [-0.39, 0.29) is 0 Å². The molecule has 90 valence electrons. The van der Waals surface area contributed by atoms with E-state index in [0.717, 1.165) is 18.4 Å². The molecule has 2 nitrogen and oxygen atoms in total. The van der Waals surface area contributed by atoms with Gasteiger partial charge in [-0.2, -0.15) is 0 Å². The molecule has 0 aromatic carbocycles. The third-order valence-corrected chi connectivity index (χ3v) is 3.53. The molecule has 1 N–H and O–H groups in total. The van der Waals surface area contributed by atoms with Crippen LogP contribution in [0.4, 0.5) is 0 Å². The van der Waals surface area contributed by atoms with Gasteiger partial charge in [0.1, 0.15) is 0 Å². The molecule has 0 bridgehead atoms. The molecular weight excluding hydrogens is 186 g/mol. The van der Waals surface area contributed by atoms with Gasteiger partial charge in [-0.25, -0.2) is 0 Å². The quantitative estimate of drug-likeness (QED) is 0.758. The number of nitrogens with one attached hydrogen (secondary N) is 1. The summed E-state index contributed by atoms with van der Waals surface area (Å²) < 4.78 is 5.72. The van der Waals surface area contributed by atoms with E-state index in [9.17, 15) is 0 Å². The zero-order chi connectivity index (χ0) is 11.3. The summed E-state index contributed by atoms with van der Waals surface area (Å²) >= 11 is 0. The maximum Gasteiger partial charge on any atom is 0.0625 e. The van der Waals surface area contributed by atoms with Crippen LogP contribution in [-0.4, -0.2) is 25.8 Å². The molecule has 1 rings (SSSR count). The first kappa shape index (κ1) is 13.0. The van der Waals surface area contributed by atoms with Crippen LogP contribution in [-0.2, 0) is 4.74 Å². The van der Waals surface area contributed by atoms with Crippen LogP contribution in [0.3, 0.4) is 0 Å². The molecule has 0 spiro atoms. The van der Waals surface area contributed by atoms with Gasteiger partial charge in [-0.1, -0.05) is 19.8 Å². The molecule has 0 amide bonds. The van der Waals surface area contributed by atoms with Crippen LogP contribution in [0.25, 0.3) is 0 Å². The Morgan fingerprint density at radius 3 is 2.60 bits per heavy atom. The average Bonchev–Trinajstić information content (AvgIpc) is 2.18. The Balaban J connectivity index is 2.35. The van der Waals surface area contributed by atoms with Crippen molar-refractivity contribution in [3.8, 4) is 0 Å². The summed E-state index contributed by atoms with van der Waals surface area (Å²) in [6.45, 7) is 7.46. The van der Waals surface area contributed by atoms with Gasteiger partial charge >= 0.3 is 0 Å². The lowest BCUT2D eigenvalue weighted by Gasteiger charge is -2.33. The Morgan fingerprint density at radius 2 is 2.07 bits per heavy atom. The van der Waals surface area contributed by atoms with Gasteiger partial charge in [-0.15, -0.1) is 0 Å². The fraction of sp³-hybridized carbons (Fsp3) is 1.00. The molecule has 1 saturated carbocycles. The lowest BCUT2D eigenvalue weighted by molar-refractivity contribution is 0.0417. The van der Waals surface area contributed by atoms with E-state index in [4.69, 9.17) is 4.74 Å². The van der Waals surface area contributed by atoms with Crippen molar-refractivity contribution in [1.29, 1.82) is 0 Å². The monoisotopic (exact) mass is 213 g/mol. The molecule has 0 saturated heterocycles. The normalized spacial score (nSPS) is 29.4. The fourth-order valence-corrected chi connectivity index (χ4v) is 2.60. The van der Waals surface area contributed by atoms with Crippen molar-refractivity contribution in [3.05, 3.63) is 0 Å². The number of ether oxygens (including phenoxy) is 1. The second-order valence-electron chi connectivity index (χ2n) is 5.31. The van der Waals surface area contributed by atoms with Crippen molar-refractivity contribution in [2.75, 3.05) is 13.7 Å². The average molecular weight is 213 g/mol. The molecule has 3 unspecified atom stereocenters. The molecule has 0 aromatic heterocycles. The van der Waals surface area contributed by atoms with Crippen LogP contribution >= 0.6 is 0 Å². The number of likely N-dealkylation sites (N-methyl/N-ethyl adjacent to an activating group) is 1. The molecular formula is C13H27NO. The van der Waals surface area contributed by atoms with Crippen LogP contribution in [0.2, 0.25) is 0 Å². The van der Waals surface area contributed by atoms with Crippen LogP contribution in [0.1, 0.15) is 46.5 Å². The van der Waals surface area contributed by atoms with Gasteiger partial charge in [0.2, 0.25) is 0 Å². The van der Waals surface area contributed by atoms with Crippen molar-refractivity contribution >= 4 is 0 Å². The largest absolute Gasteiger partial charge is 0.377 e. The van der Waals surface area contributed by atoms with E-state index in [2.05, 4.69) is 33.1 Å². The molecule has 1 aliphatic rings. The molecule has 3 atom stereocenters. The highest BCUT2D eigenvalue weighted by Crippen LogP contribution is 2.30. The summed E-state index contributed by atoms with van der Waals surface area (Å²) in [7, 11) is 2.06. The minimum Gasteiger partial charge on any atom is -0.377 e. The third-order valence-electron chi connectivity index (χ3n) is 3.53. The Hall–Kier alpha value is -0.0800. The maximum absolute atomic E-state index is 5.72. The number of rotatable bonds is 5. The van der Waals surface area contributed by atoms with E-state index < -0.39 is 0 Å². The second-order valence-corrected chi connectivity index (χ2v) is 5.31. The zero-order valence-electron chi connectivity index (χ0n) is 10.8. The SMILES string of the molecule is CNC(COC(C)C)C1CCCC(C)C1. The summed E-state index contributed by atoms with van der Waals surface area (Å²) in [5, 5.41) is 3.42. The van der Waals surface area contributed by atoms with Crippen LogP contribution < -0.4 is 5.32 Å². The van der Waals surface area contributed by atoms with Crippen molar-refractivity contribution in [2.45, 2.75) is 58.6 Å². The summed E-state index contributed by atoms with van der Waals surface area (Å²) in [5.74, 6) is 1.72. The molecule has 1 fully saturated rings. The molecule has 0 aromatic rings. The van der Waals surface area contributed by atoms with Gasteiger partial charge in [0.25, 0.3) is 0 Å². The Morgan fingerprint density at radius 1 is 1.33 bits per heavy atom. The topological polar surface area (TPSA) is 21.3 Å². The minimum atomic E-state index is 0.349. The zero-order valence-corrected chi connectivity index (χ0v) is 10.8. The first-order valence-corrected chi connectivity index (χ1v) is 6.42. The Bertz CT molecular complexity index is 170. The van der Waals surface area contributed by atoms with Gasteiger partial charge in [-0.05, 0) is 45.6 Å². The highest BCUT2D eigenvalue weighted by molar-refractivity contribution is 4.80. The second kappa shape index (κ2) is 6.49. The first-order valence-electron chi connectivity index (χ1n) is 6.42. The highest BCUT2D eigenvalue weighted by Gasteiger charge is 2.25. The summed E-state index contributed by atoms with van der Waals surface area (Å²) in [6, 6.07) is 0.551. The van der Waals surface area contributed by atoms with Crippen molar-refractivity contribution in [2.24, 2.45) is 11.8 Å². The molecule has 0 radical (unpaired) electrons. The highest BCUT2D eigenvalue weighted by atomic mass is 16.5. The van der Waals surface area contributed by atoms with Crippen molar-refractivity contribution in [3.63, 3.8) is 0 Å². The Kier molecular flexibility index (Phi) is 5.62. The van der Waals surface area contributed by atoms with Crippen LogP contribution in [0, 0.1) is 11.8 Å². The van der Waals surface area contributed by atoms with Crippen LogP contribution in [0.15, 0.2) is 0 Å². The van der Waals surface area contributed by atoms with Gasteiger partial charge < -0.3 is 10.1 Å². The van der Waals surface area contributed by atoms with Gasteiger partial charge in [0, 0.05) is 6.04 Å². The number of hydrogen-bond acceptors (Lipinski definition) is 2. The molecule has 2 heteroatoms. The fourth-order valence-electron chi connectivity index (χ4n) is 2.60. The molecule has 0 aliphatic heterocycles. The van der Waals surface area contributed by atoms with Crippen LogP contribution in [0.5, 0.6) is 0 Å². The van der Waals surface area contributed by atoms with E-state index in [1.165, 1.54) is 25.7 Å². The standard InChI is InChI=1S/C13H27NO/c1-10(2)15-9-13(14-4)12-7-5-6-11(3)8-12/h10-14H,5-9H2,1-4H3. The lowest BCUT2D eigenvalue weighted by atomic mass is 9.79. The molecule has 1 aliphatic carbocycles. The lowest BCUT2D eigenvalue weighted by Crippen LogP contribution is -2.40. The van der Waals surface area contributed by atoms with Gasteiger partial charge in [-0.3, -0.25) is 0 Å².